The predicted molar refractivity (Wildman–Crippen MR) is 79.3 cm³/mol. The Kier molecular flexibility index (Phi) is 3.59. The van der Waals surface area contributed by atoms with Crippen molar-refractivity contribution in [1.82, 2.24) is 0 Å². The summed E-state index contributed by atoms with van der Waals surface area (Å²) in [4.78, 5) is 12.5. The fourth-order valence-corrected chi connectivity index (χ4v) is 6.90. The molecule has 3 rings (SSSR count). The number of allylic oxidation sites excluding steroid dienone is 2. The van der Waals surface area contributed by atoms with Crippen molar-refractivity contribution >= 4 is 14.3 Å². The first-order chi connectivity index (χ1) is 9.06. The van der Waals surface area contributed by atoms with Crippen molar-refractivity contribution in [2.75, 3.05) is 0 Å². The van der Waals surface area contributed by atoms with Gasteiger partial charge in [0, 0.05) is 0 Å². The Morgan fingerprint density at radius 3 is 2.42 bits per heavy atom. The third-order valence-corrected chi connectivity index (χ3v) is 8.80. The lowest BCUT2D eigenvalue weighted by molar-refractivity contribution is -0.140. The van der Waals surface area contributed by atoms with E-state index in [4.69, 9.17) is 4.43 Å². The van der Waals surface area contributed by atoms with Crippen molar-refractivity contribution in [3.05, 3.63) is 12.2 Å². The van der Waals surface area contributed by atoms with Gasteiger partial charge in [-0.15, -0.1) is 0 Å². The van der Waals surface area contributed by atoms with E-state index in [0.29, 0.717) is 17.4 Å². The molecule has 0 aromatic heterocycles. The van der Waals surface area contributed by atoms with Crippen LogP contribution in [0.4, 0.5) is 0 Å². The molecule has 0 saturated heterocycles. The third-order valence-electron chi connectivity index (χ3n) is 5.53. The largest absolute Gasteiger partial charge is 0.519 e. The standard InChI is InChI=1S/C16H26O2Si/c1-19(2,14-6-4-3-5-7-14)18-16(17)15-11-12-8-9-13(15)10-12/h8-9,12-15H,3-7,10-11H2,1-2H3. The maximum Gasteiger partial charge on any atom is 0.296 e. The summed E-state index contributed by atoms with van der Waals surface area (Å²) in [5, 5.41) is 0. The molecule has 0 N–H and O–H groups in total. The van der Waals surface area contributed by atoms with Crippen LogP contribution in [0.3, 0.4) is 0 Å². The number of rotatable bonds is 3. The number of carbonyl (C=O) groups excluding carboxylic acids is 1. The molecule has 2 nitrogen and oxygen atoms in total. The van der Waals surface area contributed by atoms with Crippen molar-refractivity contribution in [3.63, 3.8) is 0 Å². The second-order valence-electron chi connectivity index (χ2n) is 7.25. The molecule has 0 spiro atoms. The summed E-state index contributed by atoms with van der Waals surface area (Å²) >= 11 is 0. The third kappa shape index (κ3) is 2.67. The first kappa shape index (κ1) is 13.4. The lowest BCUT2D eigenvalue weighted by Gasteiger charge is -2.35. The minimum Gasteiger partial charge on any atom is -0.519 e. The van der Waals surface area contributed by atoms with E-state index in [1.807, 2.05) is 0 Å². The van der Waals surface area contributed by atoms with Gasteiger partial charge in [0.15, 0.2) is 0 Å². The number of hydrogen-bond donors (Lipinski definition) is 0. The average molecular weight is 278 g/mol. The minimum absolute atomic E-state index is 0.124. The van der Waals surface area contributed by atoms with E-state index in [1.165, 1.54) is 38.5 Å². The minimum atomic E-state index is -1.83. The van der Waals surface area contributed by atoms with Crippen molar-refractivity contribution in [3.8, 4) is 0 Å². The highest BCUT2D eigenvalue weighted by Crippen LogP contribution is 2.45. The summed E-state index contributed by atoms with van der Waals surface area (Å²) in [6, 6.07) is 0. The Morgan fingerprint density at radius 2 is 1.84 bits per heavy atom. The van der Waals surface area contributed by atoms with Gasteiger partial charge in [-0.25, -0.2) is 0 Å². The molecule has 19 heavy (non-hydrogen) atoms. The highest BCUT2D eigenvalue weighted by Gasteiger charge is 2.44. The molecule has 0 amide bonds. The highest BCUT2D eigenvalue weighted by molar-refractivity contribution is 6.74. The van der Waals surface area contributed by atoms with Crippen LogP contribution in [-0.4, -0.2) is 14.3 Å². The zero-order valence-corrected chi connectivity index (χ0v) is 13.2. The van der Waals surface area contributed by atoms with Gasteiger partial charge in [-0.05, 0) is 56.2 Å². The van der Waals surface area contributed by atoms with Gasteiger partial charge in [-0.3, -0.25) is 4.79 Å². The van der Waals surface area contributed by atoms with Gasteiger partial charge in [0.25, 0.3) is 14.3 Å². The fourth-order valence-electron chi connectivity index (χ4n) is 4.27. The van der Waals surface area contributed by atoms with Crippen LogP contribution in [0.15, 0.2) is 12.2 Å². The van der Waals surface area contributed by atoms with Crippen molar-refractivity contribution in [2.45, 2.75) is 63.6 Å². The second kappa shape index (κ2) is 5.08. The fraction of sp³-hybridized carbons (Fsp3) is 0.812. The Labute approximate surface area is 117 Å². The van der Waals surface area contributed by atoms with Gasteiger partial charge >= 0.3 is 0 Å². The van der Waals surface area contributed by atoms with Crippen LogP contribution in [0.5, 0.6) is 0 Å². The molecule has 2 fully saturated rings. The van der Waals surface area contributed by atoms with Crippen molar-refractivity contribution in [1.29, 1.82) is 0 Å². The van der Waals surface area contributed by atoms with E-state index in [-0.39, 0.29) is 11.9 Å². The Hall–Kier alpha value is -0.573. The molecule has 0 aromatic rings. The van der Waals surface area contributed by atoms with Crippen LogP contribution >= 0.6 is 0 Å². The molecule has 106 valence electrons. The average Bonchev–Trinajstić information content (AvgIpc) is 3.01. The molecule has 0 radical (unpaired) electrons. The summed E-state index contributed by atoms with van der Waals surface area (Å²) < 4.78 is 6.08. The molecule has 3 aliphatic carbocycles. The van der Waals surface area contributed by atoms with E-state index in [9.17, 15) is 4.79 Å². The van der Waals surface area contributed by atoms with Crippen LogP contribution in [0.25, 0.3) is 0 Å². The maximum atomic E-state index is 12.5. The first-order valence-electron chi connectivity index (χ1n) is 7.97. The van der Waals surface area contributed by atoms with Crippen LogP contribution in [0.2, 0.25) is 18.6 Å². The molecule has 3 heteroatoms. The summed E-state index contributed by atoms with van der Waals surface area (Å²) in [7, 11) is -1.83. The van der Waals surface area contributed by atoms with Crippen LogP contribution < -0.4 is 0 Å². The Bertz CT molecular complexity index is 382. The predicted octanol–water partition coefficient (Wildman–Crippen LogP) is 4.28. The molecule has 0 aliphatic heterocycles. The molecular weight excluding hydrogens is 252 g/mol. The Morgan fingerprint density at radius 1 is 1.11 bits per heavy atom. The van der Waals surface area contributed by atoms with Crippen LogP contribution in [0, 0.1) is 17.8 Å². The molecule has 2 bridgehead atoms. The molecule has 2 saturated carbocycles. The van der Waals surface area contributed by atoms with Crippen LogP contribution in [0.1, 0.15) is 44.9 Å². The SMILES string of the molecule is C[Si](C)(OC(=O)C1CC2C=CC1C2)C1CCCCC1. The maximum absolute atomic E-state index is 12.5. The smallest absolute Gasteiger partial charge is 0.296 e. The van der Waals surface area contributed by atoms with E-state index in [0.717, 1.165) is 6.42 Å². The van der Waals surface area contributed by atoms with Gasteiger partial charge in [0.1, 0.15) is 0 Å². The molecule has 3 unspecified atom stereocenters. The number of hydrogen-bond acceptors (Lipinski definition) is 2. The van der Waals surface area contributed by atoms with Gasteiger partial charge in [-0.1, -0.05) is 31.4 Å². The molecule has 0 heterocycles. The zero-order chi connectivity index (χ0) is 13.5. The molecule has 3 aliphatic rings. The summed E-state index contributed by atoms with van der Waals surface area (Å²) in [5.41, 5.74) is 0.694. The molecule has 0 aromatic carbocycles. The summed E-state index contributed by atoms with van der Waals surface area (Å²) in [6.45, 7) is 4.51. The van der Waals surface area contributed by atoms with E-state index in [2.05, 4.69) is 25.2 Å². The van der Waals surface area contributed by atoms with Gasteiger partial charge < -0.3 is 4.43 Å². The lowest BCUT2D eigenvalue weighted by Crippen LogP contribution is -2.42. The van der Waals surface area contributed by atoms with Crippen molar-refractivity contribution in [2.24, 2.45) is 17.8 Å². The van der Waals surface area contributed by atoms with Gasteiger partial charge in [0.05, 0.1) is 5.92 Å². The highest BCUT2D eigenvalue weighted by atomic mass is 28.4. The monoisotopic (exact) mass is 278 g/mol. The summed E-state index contributed by atoms with van der Waals surface area (Å²) in [5.74, 6) is 1.43. The quantitative estimate of drug-likeness (QED) is 0.569. The van der Waals surface area contributed by atoms with Gasteiger partial charge in [0.2, 0.25) is 0 Å². The number of fused-ring (bicyclic) bond motifs is 2. The lowest BCUT2D eigenvalue weighted by atomic mass is 9.94. The Balaban J connectivity index is 1.60. The zero-order valence-electron chi connectivity index (χ0n) is 12.2. The molecular formula is C16H26O2Si. The summed E-state index contributed by atoms with van der Waals surface area (Å²) in [6.07, 6.45) is 13.3. The molecule has 3 atom stereocenters. The second-order valence-corrected chi connectivity index (χ2v) is 11.5. The van der Waals surface area contributed by atoms with Gasteiger partial charge in [-0.2, -0.15) is 0 Å². The van der Waals surface area contributed by atoms with E-state index in [1.54, 1.807) is 0 Å². The van der Waals surface area contributed by atoms with E-state index >= 15 is 0 Å². The number of carbonyl (C=O) groups is 1. The van der Waals surface area contributed by atoms with Crippen LogP contribution in [-0.2, 0) is 9.22 Å². The topological polar surface area (TPSA) is 26.3 Å². The first-order valence-corrected chi connectivity index (χ1v) is 11.0. The van der Waals surface area contributed by atoms with Crippen molar-refractivity contribution < 1.29 is 9.22 Å². The normalized spacial score (nSPS) is 34.7. The van der Waals surface area contributed by atoms with E-state index < -0.39 is 8.32 Å².